The smallest absolute Gasteiger partial charge is 0.324 e. The fraction of sp³-hybridized carbons (Fsp3) is 0.188. The van der Waals surface area contributed by atoms with Crippen molar-refractivity contribution >= 4 is 40.1 Å². The first kappa shape index (κ1) is 18.3. The number of hydrogen-bond acceptors (Lipinski definition) is 6. The van der Waals surface area contributed by atoms with Gasteiger partial charge >= 0.3 is 5.00 Å². The van der Waals surface area contributed by atoms with Gasteiger partial charge in [-0.3, -0.25) is 19.7 Å². The first-order valence-corrected chi connectivity index (χ1v) is 8.28. The molecule has 1 aromatic heterocycles. The van der Waals surface area contributed by atoms with Gasteiger partial charge in [0.1, 0.15) is 0 Å². The number of nitrogens with zero attached hydrogens (tertiary/aromatic N) is 2. The van der Waals surface area contributed by atoms with E-state index in [0.29, 0.717) is 22.5 Å². The molecule has 0 saturated carbocycles. The predicted molar refractivity (Wildman–Crippen MR) is 96.0 cm³/mol. The highest BCUT2D eigenvalue weighted by molar-refractivity contribution is 7.16. The normalized spacial score (nSPS) is 10.6. The molecule has 0 saturated heterocycles. The molecule has 0 atom stereocenters. The molecule has 25 heavy (non-hydrogen) atoms. The molecule has 2 N–H and O–H groups in total. The lowest BCUT2D eigenvalue weighted by atomic mass is 10.2. The van der Waals surface area contributed by atoms with Crippen LogP contribution in [0, 0.1) is 10.1 Å². The molecule has 0 aliphatic rings. The molecule has 9 heteroatoms. The Balaban J connectivity index is 1.90. The van der Waals surface area contributed by atoms with E-state index in [4.69, 9.17) is 0 Å². The first-order valence-electron chi connectivity index (χ1n) is 7.47. The third-order valence-corrected chi connectivity index (χ3v) is 4.03. The number of carbonyl (C=O) groups excluding carboxylic acids is 2. The minimum absolute atomic E-state index is 0.00786. The van der Waals surface area contributed by atoms with Gasteiger partial charge in [0.25, 0.3) is 5.91 Å². The van der Waals surface area contributed by atoms with E-state index in [1.54, 1.807) is 30.3 Å². The van der Waals surface area contributed by atoms with Crippen LogP contribution in [0.4, 0.5) is 10.7 Å². The maximum Gasteiger partial charge on any atom is 0.324 e. The highest BCUT2D eigenvalue weighted by Gasteiger charge is 2.09. The highest BCUT2D eigenvalue weighted by atomic mass is 32.1. The van der Waals surface area contributed by atoms with Crippen molar-refractivity contribution in [1.29, 1.82) is 0 Å². The lowest BCUT2D eigenvalue weighted by Gasteiger charge is -2.05. The number of carbonyl (C=O) groups is 2. The molecule has 8 nitrogen and oxygen atoms in total. The van der Waals surface area contributed by atoms with Gasteiger partial charge in [-0.2, -0.15) is 5.10 Å². The van der Waals surface area contributed by atoms with E-state index < -0.39 is 10.8 Å². The van der Waals surface area contributed by atoms with Crippen molar-refractivity contribution in [3.05, 3.63) is 57.0 Å². The van der Waals surface area contributed by atoms with Gasteiger partial charge in [0.05, 0.1) is 16.0 Å². The summed E-state index contributed by atoms with van der Waals surface area (Å²) in [7, 11) is 0. The lowest BCUT2D eigenvalue weighted by molar-refractivity contribution is -0.380. The fourth-order valence-electron chi connectivity index (χ4n) is 1.88. The average molecular weight is 360 g/mol. The summed E-state index contributed by atoms with van der Waals surface area (Å²) < 4.78 is 0. The van der Waals surface area contributed by atoms with Gasteiger partial charge in [0.2, 0.25) is 5.91 Å². The molecule has 2 rings (SSSR count). The molecule has 0 radical (unpaired) electrons. The van der Waals surface area contributed by atoms with Crippen LogP contribution in [0.25, 0.3) is 0 Å². The minimum atomic E-state index is -0.485. The number of anilines is 1. The lowest BCUT2D eigenvalue weighted by Crippen LogP contribution is -2.17. The van der Waals surface area contributed by atoms with Crippen LogP contribution in [0.15, 0.2) is 41.5 Å². The summed E-state index contributed by atoms with van der Waals surface area (Å²) in [6.07, 6.45) is 2.55. The Hall–Kier alpha value is -3.07. The van der Waals surface area contributed by atoms with E-state index in [2.05, 4.69) is 15.8 Å². The van der Waals surface area contributed by atoms with Gasteiger partial charge in [-0.15, -0.1) is 0 Å². The summed E-state index contributed by atoms with van der Waals surface area (Å²) in [4.78, 5) is 34.1. The van der Waals surface area contributed by atoms with Gasteiger partial charge in [-0.25, -0.2) is 5.43 Å². The summed E-state index contributed by atoms with van der Waals surface area (Å²) in [6, 6.07) is 9.33. The third-order valence-electron chi connectivity index (χ3n) is 3.06. The number of nitro groups is 1. The standard InChI is InChI=1S/C16H16N4O4S/c1-2-3-14(21)18-12-6-4-11(5-7-12)16(22)19-17-10-13-8-9-15(25-13)20(23)24/h4-10H,2-3H2,1H3,(H,18,21)(H,19,22)/b17-10+. The largest absolute Gasteiger partial charge is 0.326 e. The number of benzene rings is 1. The summed E-state index contributed by atoms with van der Waals surface area (Å²) in [6.45, 7) is 1.92. The Morgan fingerprint density at radius 3 is 2.56 bits per heavy atom. The van der Waals surface area contributed by atoms with Crippen LogP contribution in [-0.2, 0) is 4.79 Å². The van der Waals surface area contributed by atoms with Crippen molar-refractivity contribution in [2.24, 2.45) is 5.10 Å². The fourth-order valence-corrected chi connectivity index (χ4v) is 2.58. The van der Waals surface area contributed by atoms with Crippen LogP contribution in [-0.4, -0.2) is 23.0 Å². The molecule has 0 aliphatic heterocycles. The third kappa shape index (κ3) is 5.50. The molecule has 130 valence electrons. The van der Waals surface area contributed by atoms with Crippen LogP contribution in [0.1, 0.15) is 35.0 Å². The van der Waals surface area contributed by atoms with Crippen LogP contribution >= 0.6 is 11.3 Å². The van der Waals surface area contributed by atoms with Gasteiger partial charge in [0.15, 0.2) is 0 Å². The molecule has 1 heterocycles. The molecule has 0 bridgehead atoms. The zero-order chi connectivity index (χ0) is 18.2. The Labute approximate surface area is 147 Å². The molecular formula is C16H16N4O4S. The van der Waals surface area contributed by atoms with Crippen molar-refractivity contribution in [2.75, 3.05) is 5.32 Å². The van der Waals surface area contributed by atoms with Gasteiger partial charge in [-0.05, 0) is 36.8 Å². The Kier molecular flexibility index (Phi) is 6.35. The molecule has 2 aromatic rings. The second kappa shape index (κ2) is 8.69. The summed E-state index contributed by atoms with van der Waals surface area (Å²) in [5, 5.41) is 17.1. The second-order valence-corrected chi connectivity index (χ2v) is 6.10. The van der Waals surface area contributed by atoms with E-state index in [-0.39, 0.29) is 10.9 Å². The topological polar surface area (TPSA) is 114 Å². The van der Waals surface area contributed by atoms with Crippen LogP contribution < -0.4 is 10.7 Å². The molecular weight excluding hydrogens is 344 g/mol. The van der Waals surface area contributed by atoms with E-state index in [1.807, 2.05) is 6.92 Å². The van der Waals surface area contributed by atoms with Crippen LogP contribution in [0.5, 0.6) is 0 Å². The van der Waals surface area contributed by atoms with Crippen LogP contribution in [0.3, 0.4) is 0 Å². The summed E-state index contributed by atoms with van der Waals surface area (Å²) >= 11 is 0.960. The number of rotatable bonds is 7. The number of hydrazone groups is 1. The van der Waals surface area contributed by atoms with E-state index in [9.17, 15) is 19.7 Å². The quantitative estimate of drug-likeness (QED) is 0.448. The molecule has 0 aliphatic carbocycles. The molecule has 0 fully saturated rings. The van der Waals surface area contributed by atoms with Crippen molar-refractivity contribution in [3.8, 4) is 0 Å². The monoisotopic (exact) mass is 360 g/mol. The molecule has 2 amide bonds. The Bertz CT molecular complexity index is 799. The maximum atomic E-state index is 12.0. The van der Waals surface area contributed by atoms with Crippen molar-refractivity contribution in [3.63, 3.8) is 0 Å². The van der Waals surface area contributed by atoms with Gasteiger partial charge in [-0.1, -0.05) is 18.3 Å². The molecule has 1 aromatic carbocycles. The van der Waals surface area contributed by atoms with Crippen molar-refractivity contribution < 1.29 is 14.5 Å². The van der Waals surface area contributed by atoms with E-state index in [0.717, 1.165) is 17.8 Å². The number of thiophene rings is 1. The first-order chi connectivity index (χ1) is 12.0. The van der Waals surface area contributed by atoms with Crippen molar-refractivity contribution in [1.82, 2.24) is 5.43 Å². The SMILES string of the molecule is CCCC(=O)Nc1ccc(C(=O)N/N=C/c2ccc([N+](=O)[O-])s2)cc1. The Morgan fingerprint density at radius 1 is 1.24 bits per heavy atom. The van der Waals surface area contributed by atoms with Crippen LogP contribution in [0.2, 0.25) is 0 Å². The molecule has 0 unspecified atom stereocenters. The molecule has 0 spiro atoms. The second-order valence-electron chi connectivity index (χ2n) is 5.01. The summed E-state index contributed by atoms with van der Waals surface area (Å²) in [5.74, 6) is -0.497. The highest BCUT2D eigenvalue weighted by Crippen LogP contribution is 2.22. The zero-order valence-electron chi connectivity index (χ0n) is 13.4. The van der Waals surface area contributed by atoms with Gasteiger partial charge < -0.3 is 5.32 Å². The Morgan fingerprint density at radius 2 is 1.96 bits per heavy atom. The minimum Gasteiger partial charge on any atom is -0.326 e. The predicted octanol–water partition coefficient (Wildman–Crippen LogP) is 3.16. The zero-order valence-corrected chi connectivity index (χ0v) is 14.2. The maximum absolute atomic E-state index is 12.0. The number of hydrogen-bond donors (Lipinski definition) is 2. The van der Waals surface area contributed by atoms with E-state index in [1.165, 1.54) is 12.3 Å². The van der Waals surface area contributed by atoms with Gasteiger partial charge in [0, 0.05) is 23.7 Å². The van der Waals surface area contributed by atoms with E-state index >= 15 is 0 Å². The number of nitrogens with one attached hydrogen (secondary N) is 2. The average Bonchev–Trinajstić information content (AvgIpc) is 3.05. The van der Waals surface area contributed by atoms with Crippen molar-refractivity contribution in [2.45, 2.75) is 19.8 Å². The number of amides is 2. The summed E-state index contributed by atoms with van der Waals surface area (Å²) in [5.41, 5.74) is 3.34.